The first-order valence-corrected chi connectivity index (χ1v) is 5.00. The number of hydrogen-bond acceptors (Lipinski definition) is 4. The number of likely N-dealkylation sites (N-methyl/N-ethyl adjacent to an activating group) is 2. The van der Waals surface area contributed by atoms with Crippen LogP contribution >= 0.6 is 0 Å². The highest BCUT2D eigenvalue weighted by Crippen LogP contribution is 2.01. The molecule has 0 aliphatic heterocycles. The fraction of sp³-hybridized carbons (Fsp3) is 0.800. The van der Waals surface area contributed by atoms with Gasteiger partial charge >= 0.3 is 5.97 Å². The highest BCUT2D eigenvalue weighted by atomic mass is 16.5. The molecule has 0 saturated heterocycles. The molecule has 1 N–H and O–H groups in total. The monoisotopic (exact) mass is 216 g/mol. The van der Waals surface area contributed by atoms with Crippen LogP contribution in [0.25, 0.3) is 0 Å². The molecule has 1 atom stereocenters. The molecule has 0 rings (SSSR count). The second-order valence-corrected chi connectivity index (χ2v) is 3.70. The zero-order chi connectivity index (χ0) is 12.0. The van der Waals surface area contributed by atoms with E-state index in [0.717, 1.165) is 0 Å². The van der Waals surface area contributed by atoms with E-state index in [1.165, 1.54) is 4.90 Å². The van der Waals surface area contributed by atoms with Crippen molar-refractivity contribution in [1.82, 2.24) is 10.2 Å². The minimum atomic E-state index is -0.548. The molecule has 15 heavy (non-hydrogen) atoms. The first-order chi connectivity index (χ1) is 6.90. The van der Waals surface area contributed by atoms with Gasteiger partial charge in [-0.05, 0) is 27.8 Å². The Morgan fingerprint density at radius 3 is 2.27 bits per heavy atom. The molecule has 0 bridgehead atoms. The van der Waals surface area contributed by atoms with Gasteiger partial charge in [0.05, 0.1) is 12.6 Å². The Labute approximate surface area is 90.8 Å². The van der Waals surface area contributed by atoms with Crippen LogP contribution < -0.4 is 5.32 Å². The molecule has 5 heteroatoms. The number of carbonyl (C=O) groups excluding carboxylic acids is 2. The Kier molecular flexibility index (Phi) is 5.93. The second-order valence-electron chi connectivity index (χ2n) is 3.70. The van der Waals surface area contributed by atoms with Crippen molar-refractivity contribution >= 4 is 11.9 Å². The summed E-state index contributed by atoms with van der Waals surface area (Å²) in [5, 5.41) is 2.74. The Hall–Kier alpha value is -1.10. The third-order valence-electron chi connectivity index (χ3n) is 2.00. The fourth-order valence-corrected chi connectivity index (χ4v) is 0.981. The molecular weight excluding hydrogens is 196 g/mol. The number of ether oxygens (including phenoxy) is 1. The lowest BCUT2D eigenvalue weighted by atomic mass is 10.3. The van der Waals surface area contributed by atoms with Crippen LogP contribution in [0.4, 0.5) is 0 Å². The zero-order valence-electron chi connectivity index (χ0n) is 10.0. The summed E-state index contributed by atoms with van der Waals surface area (Å²) < 4.78 is 5.01. The van der Waals surface area contributed by atoms with E-state index >= 15 is 0 Å². The van der Waals surface area contributed by atoms with Crippen molar-refractivity contribution in [2.45, 2.75) is 32.9 Å². The summed E-state index contributed by atoms with van der Waals surface area (Å²) in [5.74, 6) is -0.511. The predicted octanol–water partition coefficient (Wildman–Crippen LogP) is 0.00430. The number of nitrogens with zero attached hydrogens (tertiary/aromatic N) is 1. The molecule has 0 aliphatic carbocycles. The standard InChI is InChI=1S/C10H20N2O3/c1-7(2)15-10(14)8(3)12(5)9(13)6-11-4/h7-8,11H,6H2,1-5H3. The van der Waals surface area contributed by atoms with Gasteiger partial charge < -0.3 is 15.0 Å². The third kappa shape index (κ3) is 4.78. The number of esters is 1. The van der Waals surface area contributed by atoms with E-state index in [1.54, 1.807) is 34.9 Å². The van der Waals surface area contributed by atoms with E-state index in [1.807, 2.05) is 0 Å². The quantitative estimate of drug-likeness (QED) is 0.657. The second kappa shape index (κ2) is 6.40. The van der Waals surface area contributed by atoms with Gasteiger partial charge in [-0.3, -0.25) is 4.79 Å². The van der Waals surface area contributed by atoms with Crippen LogP contribution in [0.3, 0.4) is 0 Å². The summed E-state index contributed by atoms with van der Waals surface area (Å²) in [5.41, 5.74) is 0. The van der Waals surface area contributed by atoms with Crippen LogP contribution in [0, 0.1) is 0 Å². The van der Waals surface area contributed by atoms with Crippen molar-refractivity contribution in [3.8, 4) is 0 Å². The molecule has 88 valence electrons. The zero-order valence-corrected chi connectivity index (χ0v) is 10.0. The van der Waals surface area contributed by atoms with Crippen molar-refractivity contribution in [1.29, 1.82) is 0 Å². The Bertz CT molecular complexity index is 229. The van der Waals surface area contributed by atoms with E-state index in [2.05, 4.69) is 5.32 Å². The lowest BCUT2D eigenvalue weighted by molar-refractivity contribution is -0.156. The molecule has 0 fully saturated rings. The van der Waals surface area contributed by atoms with Crippen molar-refractivity contribution in [2.24, 2.45) is 0 Å². The number of hydrogen-bond donors (Lipinski definition) is 1. The average molecular weight is 216 g/mol. The van der Waals surface area contributed by atoms with E-state index in [9.17, 15) is 9.59 Å². The van der Waals surface area contributed by atoms with Crippen LogP contribution in [-0.2, 0) is 14.3 Å². The van der Waals surface area contributed by atoms with Crippen LogP contribution in [0.1, 0.15) is 20.8 Å². The topological polar surface area (TPSA) is 58.6 Å². The minimum absolute atomic E-state index is 0.134. The lowest BCUT2D eigenvalue weighted by Crippen LogP contribution is -2.44. The molecule has 0 saturated carbocycles. The fourth-order valence-electron chi connectivity index (χ4n) is 0.981. The summed E-state index contributed by atoms with van der Waals surface area (Å²) in [6.07, 6.45) is -0.159. The van der Waals surface area contributed by atoms with Crippen molar-refractivity contribution < 1.29 is 14.3 Å². The Balaban J connectivity index is 4.24. The number of carbonyl (C=O) groups is 2. The maximum Gasteiger partial charge on any atom is 0.328 e. The first kappa shape index (κ1) is 13.9. The van der Waals surface area contributed by atoms with Crippen LogP contribution in [0.15, 0.2) is 0 Å². The highest BCUT2D eigenvalue weighted by molar-refractivity contribution is 5.85. The molecular formula is C10H20N2O3. The van der Waals surface area contributed by atoms with E-state index in [-0.39, 0.29) is 24.5 Å². The molecule has 0 aromatic rings. The van der Waals surface area contributed by atoms with Gasteiger partial charge in [-0.15, -0.1) is 0 Å². The van der Waals surface area contributed by atoms with Crippen LogP contribution in [0.2, 0.25) is 0 Å². The molecule has 0 heterocycles. The number of rotatable bonds is 5. The lowest BCUT2D eigenvalue weighted by Gasteiger charge is -2.24. The third-order valence-corrected chi connectivity index (χ3v) is 2.00. The highest BCUT2D eigenvalue weighted by Gasteiger charge is 2.23. The van der Waals surface area contributed by atoms with Gasteiger partial charge in [0.15, 0.2) is 0 Å². The van der Waals surface area contributed by atoms with Gasteiger partial charge in [0.2, 0.25) is 5.91 Å². The van der Waals surface area contributed by atoms with Gasteiger partial charge in [0.1, 0.15) is 6.04 Å². The van der Waals surface area contributed by atoms with Gasteiger partial charge in [-0.25, -0.2) is 4.79 Å². The number of nitrogens with one attached hydrogen (secondary N) is 1. The van der Waals surface area contributed by atoms with E-state index in [0.29, 0.717) is 0 Å². The summed E-state index contributed by atoms with van der Waals surface area (Å²) in [6, 6.07) is -0.548. The average Bonchev–Trinajstić information content (AvgIpc) is 2.14. The molecule has 1 amide bonds. The SMILES string of the molecule is CNCC(=O)N(C)C(C)C(=O)OC(C)C. The largest absolute Gasteiger partial charge is 0.461 e. The maximum absolute atomic E-state index is 11.5. The number of amides is 1. The van der Waals surface area contributed by atoms with Crippen molar-refractivity contribution in [3.05, 3.63) is 0 Å². The van der Waals surface area contributed by atoms with Crippen molar-refractivity contribution in [2.75, 3.05) is 20.6 Å². The van der Waals surface area contributed by atoms with Gasteiger partial charge in [0, 0.05) is 7.05 Å². The van der Waals surface area contributed by atoms with Gasteiger partial charge in [-0.2, -0.15) is 0 Å². The predicted molar refractivity (Wildman–Crippen MR) is 57.4 cm³/mol. The summed E-state index contributed by atoms with van der Waals surface area (Å²) in [4.78, 5) is 24.3. The maximum atomic E-state index is 11.5. The summed E-state index contributed by atoms with van der Waals surface area (Å²) >= 11 is 0. The molecule has 0 radical (unpaired) electrons. The van der Waals surface area contributed by atoms with Crippen molar-refractivity contribution in [3.63, 3.8) is 0 Å². The van der Waals surface area contributed by atoms with E-state index < -0.39 is 6.04 Å². The molecule has 5 nitrogen and oxygen atoms in total. The Morgan fingerprint density at radius 2 is 1.87 bits per heavy atom. The van der Waals surface area contributed by atoms with Crippen LogP contribution in [0.5, 0.6) is 0 Å². The summed E-state index contributed by atoms with van der Waals surface area (Å²) in [6.45, 7) is 5.42. The summed E-state index contributed by atoms with van der Waals surface area (Å²) in [7, 11) is 3.27. The first-order valence-electron chi connectivity index (χ1n) is 5.00. The molecule has 0 aromatic heterocycles. The smallest absolute Gasteiger partial charge is 0.328 e. The normalized spacial score (nSPS) is 12.4. The van der Waals surface area contributed by atoms with E-state index in [4.69, 9.17) is 4.74 Å². The van der Waals surface area contributed by atoms with Gasteiger partial charge in [-0.1, -0.05) is 0 Å². The molecule has 1 unspecified atom stereocenters. The molecule has 0 aliphatic rings. The Morgan fingerprint density at radius 1 is 1.33 bits per heavy atom. The van der Waals surface area contributed by atoms with Crippen LogP contribution in [-0.4, -0.2) is 49.6 Å². The molecule has 0 spiro atoms. The molecule has 0 aromatic carbocycles. The minimum Gasteiger partial charge on any atom is -0.461 e. The van der Waals surface area contributed by atoms with Gasteiger partial charge in [0.25, 0.3) is 0 Å².